The molecule has 0 atom stereocenters. The van der Waals surface area contributed by atoms with E-state index in [1.165, 1.54) is 0 Å². The lowest BCUT2D eigenvalue weighted by molar-refractivity contribution is 0.102. The Labute approximate surface area is 201 Å². The minimum absolute atomic E-state index is 0.154. The number of hydrogen-bond donors (Lipinski definition) is 1. The third-order valence-electron chi connectivity index (χ3n) is 3.71. The molecule has 31 heavy (non-hydrogen) atoms. The molecule has 0 radical (unpaired) electrons. The Morgan fingerprint density at radius 1 is 1.03 bits per heavy atom. The van der Waals surface area contributed by atoms with E-state index in [0.29, 0.717) is 16.3 Å². The number of thiazole rings is 1. The number of nitrogens with one attached hydrogen (secondary N) is 1. The Kier molecular flexibility index (Phi) is 15.8. The predicted octanol–water partition coefficient (Wildman–Crippen LogP) is 9.08. The van der Waals surface area contributed by atoms with E-state index in [9.17, 15) is 4.79 Å². The highest BCUT2D eigenvalue weighted by atomic mass is 35.5. The van der Waals surface area contributed by atoms with Gasteiger partial charge in [0.05, 0.1) is 15.7 Å². The number of carbonyl (C=O) groups excluding carboxylic acids is 1. The van der Waals surface area contributed by atoms with Gasteiger partial charge in [0.15, 0.2) is 0 Å². The van der Waals surface area contributed by atoms with Gasteiger partial charge in [0.25, 0.3) is 5.91 Å². The summed E-state index contributed by atoms with van der Waals surface area (Å²) in [5.41, 5.74) is 3.03. The number of rotatable bonds is 5. The number of halogens is 1. The molecule has 0 spiro atoms. The van der Waals surface area contributed by atoms with Crippen LogP contribution in [0.5, 0.6) is 0 Å². The summed E-state index contributed by atoms with van der Waals surface area (Å²) in [6.45, 7) is 14.1. The molecular formula is C25H35ClN2OS2. The van der Waals surface area contributed by atoms with E-state index in [1.807, 2.05) is 89.6 Å². The summed E-state index contributed by atoms with van der Waals surface area (Å²) in [6, 6.07) is 13.0. The number of aryl methyl sites for hydroxylation is 1. The largest absolute Gasteiger partial charge is 0.322 e. The van der Waals surface area contributed by atoms with Gasteiger partial charge in [-0.1, -0.05) is 60.1 Å². The quantitative estimate of drug-likeness (QED) is 0.371. The second-order valence-corrected chi connectivity index (χ2v) is 7.59. The number of thioether (sulfide) groups is 1. The molecular weight excluding hydrogens is 444 g/mol. The highest BCUT2D eigenvalue weighted by molar-refractivity contribution is 7.98. The number of aromatic nitrogens is 1. The van der Waals surface area contributed by atoms with Crippen molar-refractivity contribution in [1.82, 2.24) is 4.98 Å². The fourth-order valence-corrected chi connectivity index (χ4v) is 3.77. The van der Waals surface area contributed by atoms with Crippen LogP contribution in [-0.2, 0) is 6.42 Å². The molecule has 3 nitrogen and oxygen atoms in total. The molecule has 0 bridgehead atoms. The van der Waals surface area contributed by atoms with Crippen molar-refractivity contribution >= 4 is 46.3 Å². The van der Waals surface area contributed by atoms with E-state index < -0.39 is 0 Å². The van der Waals surface area contributed by atoms with Crippen molar-refractivity contribution in [2.45, 2.75) is 59.8 Å². The van der Waals surface area contributed by atoms with Crippen LogP contribution in [0.15, 0.2) is 52.7 Å². The van der Waals surface area contributed by atoms with Crippen molar-refractivity contribution in [1.29, 1.82) is 0 Å². The van der Waals surface area contributed by atoms with Crippen molar-refractivity contribution in [3.63, 3.8) is 0 Å². The van der Waals surface area contributed by atoms with Gasteiger partial charge in [0.1, 0.15) is 0 Å². The molecule has 0 fully saturated rings. The third-order valence-corrected chi connectivity index (χ3v) is 5.76. The summed E-state index contributed by atoms with van der Waals surface area (Å²) >= 11 is 9.67. The van der Waals surface area contributed by atoms with E-state index in [1.54, 1.807) is 29.2 Å². The van der Waals surface area contributed by atoms with Crippen LogP contribution in [0.25, 0.3) is 11.3 Å². The summed E-state index contributed by atoms with van der Waals surface area (Å²) in [7, 11) is 0. The molecule has 0 unspecified atom stereocenters. The Morgan fingerprint density at radius 2 is 1.65 bits per heavy atom. The molecule has 3 rings (SSSR count). The maximum atomic E-state index is 12.4. The Balaban J connectivity index is 0.00000138. The fourth-order valence-electron chi connectivity index (χ4n) is 2.34. The first kappa shape index (κ1) is 29.2. The molecule has 0 saturated heterocycles. The molecule has 0 aliphatic carbocycles. The number of anilines is 1. The maximum Gasteiger partial charge on any atom is 0.255 e. The molecule has 2 aromatic carbocycles. The lowest BCUT2D eigenvalue weighted by Gasteiger charge is -2.08. The Morgan fingerprint density at radius 3 is 2.13 bits per heavy atom. The first-order valence-electron chi connectivity index (χ1n) is 10.8. The average molecular weight is 479 g/mol. The van der Waals surface area contributed by atoms with Gasteiger partial charge in [-0.25, -0.2) is 4.98 Å². The summed E-state index contributed by atoms with van der Waals surface area (Å²) in [5.74, 6) is -0.154. The molecule has 170 valence electrons. The van der Waals surface area contributed by atoms with Crippen LogP contribution in [-0.4, -0.2) is 17.1 Å². The topological polar surface area (TPSA) is 42.0 Å². The minimum Gasteiger partial charge on any atom is -0.322 e. The standard InChI is InChI=1S/C19H17ClN2OS2.3C2H6/c1-3-18-22-17(11-25-18)15-9-6-13(10-16(15)20)21-19(23)12-4-7-14(24-2)8-5-12;3*1-2/h4-11H,3H2,1-2H3,(H,21,23);3*1-2H3. The lowest BCUT2D eigenvalue weighted by atomic mass is 10.1. The lowest BCUT2D eigenvalue weighted by Crippen LogP contribution is -2.11. The van der Waals surface area contributed by atoms with E-state index in [2.05, 4.69) is 17.2 Å². The van der Waals surface area contributed by atoms with Crippen molar-refractivity contribution in [2.24, 2.45) is 0 Å². The molecule has 0 aliphatic rings. The monoisotopic (exact) mass is 478 g/mol. The molecule has 6 heteroatoms. The number of benzene rings is 2. The van der Waals surface area contributed by atoms with Crippen LogP contribution >= 0.6 is 34.7 Å². The number of carbonyl (C=O) groups is 1. The highest BCUT2D eigenvalue weighted by Gasteiger charge is 2.11. The predicted molar refractivity (Wildman–Crippen MR) is 142 cm³/mol. The zero-order valence-electron chi connectivity index (χ0n) is 19.9. The van der Waals surface area contributed by atoms with Gasteiger partial charge in [-0.15, -0.1) is 23.1 Å². The van der Waals surface area contributed by atoms with Crippen molar-refractivity contribution in [2.75, 3.05) is 11.6 Å². The smallest absolute Gasteiger partial charge is 0.255 e. The van der Waals surface area contributed by atoms with Crippen molar-refractivity contribution < 1.29 is 4.79 Å². The SMILES string of the molecule is CC.CC.CC.CCc1nc(-c2ccc(NC(=O)c3ccc(SC)cc3)cc2Cl)cs1. The Bertz CT molecular complexity index is 893. The van der Waals surface area contributed by atoms with Crippen molar-refractivity contribution in [3.8, 4) is 11.3 Å². The summed E-state index contributed by atoms with van der Waals surface area (Å²) < 4.78 is 0. The molecule has 0 aliphatic heterocycles. The molecule has 1 N–H and O–H groups in total. The van der Waals surface area contributed by atoms with Gasteiger partial charge in [-0.2, -0.15) is 0 Å². The van der Waals surface area contributed by atoms with Gasteiger partial charge in [-0.3, -0.25) is 4.79 Å². The number of nitrogens with zero attached hydrogens (tertiary/aromatic N) is 1. The third kappa shape index (κ3) is 9.06. The fraction of sp³-hybridized carbons (Fsp3) is 0.360. The normalized spacial score (nSPS) is 9.19. The van der Waals surface area contributed by atoms with Crippen LogP contribution in [0.2, 0.25) is 5.02 Å². The van der Waals surface area contributed by atoms with Gasteiger partial charge in [0, 0.05) is 27.1 Å². The zero-order valence-corrected chi connectivity index (χ0v) is 22.3. The highest BCUT2D eigenvalue weighted by Crippen LogP contribution is 2.31. The summed E-state index contributed by atoms with van der Waals surface area (Å²) in [4.78, 5) is 18.0. The molecule has 3 aromatic rings. The van der Waals surface area contributed by atoms with Gasteiger partial charge in [-0.05, 0) is 55.1 Å². The van der Waals surface area contributed by atoms with Crippen LogP contribution in [0.4, 0.5) is 5.69 Å². The Hall–Kier alpha value is -1.82. The molecule has 1 aromatic heterocycles. The van der Waals surface area contributed by atoms with Crippen LogP contribution in [0.1, 0.15) is 63.8 Å². The van der Waals surface area contributed by atoms with Gasteiger partial charge >= 0.3 is 0 Å². The van der Waals surface area contributed by atoms with E-state index in [0.717, 1.165) is 27.6 Å². The first-order valence-corrected chi connectivity index (χ1v) is 13.3. The molecule has 1 amide bonds. The summed E-state index contributed by atoms with van der Waals surface area (Å²) in [5, 5.41) is 6.54. The van der Waals surface area contributed by atoms with E-state index >= 15 is 0 Å². The first-order chi connectivity index (χ1) is 15.1. The zero-order chi connectivity index (χ0) is 23.8. The van der Waals surface area contributed by atoms with E-state index in [-0.39, 0.29) is 5.91 Å². The maximum absolute atomic E-state index is 12.4. The van der Waals surface area contributed by atoms with E-state index in [4.69, 9.17) is 11.6 Å². The second kappa shape index (κ2) is 16.8. The average Bonchev–Trinajstić information content (AvgIpc) is 3.32. The molecule has 0 saturated carbocycles. The number of amides is 1. The van der Waals surface area contributed by atoms with Crippen LogP contribution < -0.4 is 5.32 Å². The van der Waals surface area contributed by atoms with Crippen LogP contribution in [0.3, 0.4) is 0 Å². The number of hydrogen-bond acceptors (Lipinski definition) is 4. The molecule has 1 heterocycles. The van der Waals surface area contributed by atoms with Gasteiger partial charge < -0.3 is 5.32 Å². The summed E-state index contributed by atoms with van der Waals surface area (Å²) in [6.07, 6.45) is 2.91. The minimum atomic E-state index is -0.154. The van der Waals surface area contributed by atoms with Gasteiger partial charge in [0.2, 0.25) is 0 Å². The van der Waals surface area contributed by atoms with Crippen molar-refractivity contribution in [3.05, 3.63) is 63.4 Å². The second-order valence-electron chi connectivity index (χ2n) is 5.36. The van der Waals surface area contributed by atoms with Crippen LogP contribution in [0, 0.1) is 0 Å².